The third-order valence-corrected chi connectivity index (χ3v) is 4.96. The number of halogens is 3. The van der Waals surface area contributed by atoms with Crippen LogP contribution in [0.15, 0.2) is 53.1 Å². The molecule has 2 heterocycles. The summed E-state index contributed by atoms with van der Waals surface area (Å²) in [7, 11) is 1.61. The van der Waals surface area contributed by atoms with E-state index in [9.17, 15) is 13.2 Å². The highest BCUT2D eigenvalue weighted by Gasteiger charge is 2.33. The maximum atomic E-state index is 12.6. The van der Waals surface area contributed by atoms with E-state index in [0.717, 1.165) is 29.1 Å². The molecule has 0 radical (unpaired) electrons. The van der Waals surface area contributed by atoms with E-state index in [1.807, 2.05) is 24.4 Å². The summed E-state index contributed by atoms with van der Waals surface area (Å²) in [5, 5.41) is 7.48. The first-order chi connectivity index (χ1) is 14.0. The topological polar surface area (TPSA) is 67.1 Å². The zero-order chi connectivity index (χ0) is 20.7. The molecule has 0 amide bonds. The Bertz CT molecular complexity index is 933. The Balaban J connectivity index is 1.47. The average Bonchev–Trinajstić information content (AvgIpc) is 3.35. The Kier molecular flexibility index (Phi) is 6.86. The van der Waals surface area contributed by atoms with E-state index in [0.29, 0.717) is 23.9 Å². The Morgan fingerprint density at radius 2 is 2.00 bits per heavy atom. The van der Waals surface area contributed by atoms with Gasteiger partial charge in [0.25, 0.3) is 0 Å². The molecule has 0 aliphatic rings. The van der Waals surface area contributed by atoms with Crippen LogP contribution in [0.1, 0.15) is 22.1 Å². The van der Waals surface area contributed by atoms with Gasteiger partial charge in [0.05, 0.1) is 6.54 Å². The molecule has 2 aromatic heterocycles. The predicted octanol–water partition coefficient (Wildman–Crippen LogP) is 3.31. The summed E-state index contributed by atoms with van der Waals surface area (Å²) in [5.74, 6) is 1.43. The minimum Gasteiger partial charge on any atom is -0.356 e. The van der Waals surface area contributed by atoms with Gasteiger partial charge in [0.15, 0.2) is 11.7 Å². The van der Waals surface area contributed by atoms with Crippen LogP contribution in [-0.4, -0.2) is 34.1 Å². The maximum Gasteiger partial charge on any atom is 0.434 e. The van der Waals surface area contributed by atoms with Crippen LogP contribution in [0.2, 0.25) is 0 Å². The van der Waals surface area contributed by atoms with Crippen molar-refractivity contribution in [1.82, 2.24) is 25.2 Å². The van der Waals surface area contributed by atoms with Crippen molar-refractivity contribution in [3.8, 4) is 0 Å². The third kappa shape index (κ3) is 6.05. The molecule has 0 spiro atoms. The van der Waals surface area contributed by atoms with Crippen LogP contribution in [-0.2, 0) is 25.7 Å². The van der Waals surface area contributed by atoms with Crippen molar-refractivity contribution >= 4 is 17.3 Å². The molecular weight excluding hydrogens is 401 g/mol. The van der Waals surface area contributed by atoms with Crippen molar-refractivity contribution in [2.24, 2.45) is 4.99 Å². The molecule has 0 saturated carbocycles. The van der Waals surface area contributed by atoms with Crippen LogP contribution in [0.4, 0.5) is 13.2 Å². The van der Waals surface area contributed by atoms with Crippen molar-refractivity contribution in [2.45, 2.75) is 25.7 Å². The zero-order valence-corrected chi connectivity index (χ0v) is 16.6. The summed E-state index contributed by atoms with van der Waals surface area (Å²) in [4.78, 5) is 12.1. The number of nitrogens with zero attached hydrogens (tertiary/aromatic N) is 4. The minimum absolute atomic E-state index is 0.170. The van der Waals surface area contributed by atoms with Crippen LogP contribution < -0.4 is 10.6 Å². The summed E-state index contributed by atoms with van der Waals surface area (Å²) < 4.78 is 39.9. The summed E-state index contributed by atoms with van der Waals surface area (Å²) in [6.07, 6.45) is -0.0332. The lowest BCUT2D eigenvalue weighted by Gasteiger charge is -2.12. The van der Waals surface area contributed by atoms with Crippen molar-refractivity contribution in [1.29, 1.82) is 0 Å². The van der Waals surface area contributed by atoms with Crippen LogP contribution in [0.5, 0.6) is 0 Å². The zero-order valence-electron chi connectivity index (χ0n) is 15.8. The molecule has 0 bridgehead atoms. The standard InChI is InChI=1S/C19H21F3N6S/c1-23-18(26-11-17-27-15(13-29-17)19(20,21)22)25-8-7-16-24-9-10-28(16)12-14-5-3-2-4-6-14/h2-6,9-10,13H,7-8,11-12H2,1H3,(H2,23,25,26). The Morgan fingerprint density at radius 1 is 1.21 bits per heavy atom. The van der Waals surface area contributed by atoms with Gasteiger partial charge >= 0.3 is 6.18 Å². The molecule has 0 atom stereocenters. The number of nitrogens with one attached hydrogen (secondary N) is 2. The second-order valence-corrected chi connectivity index (χ2v) is 7.13. The highest BCUT2D eigenvalue weighted by molar-refractivity contribution is 7.09. The van der Waals surface area contributed by atoms with E-state index in [2.05, 4.69) is 42.3 Å². The number of aromatic nitrogens is 3. The second kappa shape index (κ2) is 9.55. The van der Waals surface area contributed by atoms with Gasteiger partial charge in [-0.1, -0.05) is 30.3 Å². The number of guanidine groups is 1. The van der Waals surface area contributed by atoms with E-state index < -0.39 is 11.9 Å². The lowest BCUT2D eigenvalue weighted by Crippen LogP contribution is -2.38. The van der Waals surface area contributed by atoms with Crippen LogP contribution in [0.3, 0.4) is 0 Å². The number of thiazole rings is 1. The van der Waals surface area contributed by atoms with Crippen molar-refractivity contribution in [3.05, 3.63) is 70.2 Å². The first-order valence-electron chi connectivity index (χ1n) is 8.96. The molecule has 0 fully saturated rings. The van der Waals surface area contributed by atoms with Gasteiger partial charge in [0, 0.05) is 44.3 Å². The van der Waals surface area contributed by atoms with Crippen molar-refractivity contribution in [3.63, 3.8) is 0 Å². The minimum atomic E-state index is -4.42. The molecule has 2 N–H and O–H groups in total. The van der Waals surface area contributed by atoms with Crippen molar-refractivity contribution in [2.75, 3.05) is 13.6 Å². The first-order valence-corrected chi connectivity index (χ1v) is 9.83. The number of imidazole rings is 1. The van der Waals surface area contributed by atoms with E-state index in [4.69, 9.17) is 0 Å². The number of alkyl halides is 3. The third-order valence-electron chi connectivity index (χ3n) is 4.11. The van der Waals surface area contributed by atoms with E-state index in [1.165, 1.54) is 5.56 Å². The molecular formula is C19H21F3N6S. The Hall–Kier alpha value is -2.88. The van der Waals surface area contributed by atoms with Gasteiger partial charge in [-0.25, -0.2) is 9.97 Å². The van der Waals surface area contributed by atoms with Crippen LogP contribution in [0.25, 0.3) is 0 Å². The van der Waals surface area contributed by atoms with Crippen LogP contribution in [0, 0.1) is 0 Å². The first kappa shape index (κ1) is 20.8. The van der Waals surface area contributed by atoms with Gasteiger partial charge in [-0.15, -0.1) is 11.3 Å². The summed E-state index contributed by atoms with van der Waals surface area (Å²) in [6, 6.07) is 10.1. The monoisotopic (exact) mass is 422 g/mol. The van der Waals surface area contributed by atoms with Gasteiger partial charge in [0.1, 0.15) is 10.8 Å². The average molecular weight is 422 g/mol. The molecule has 154 valence electrons. The quantitative estimate of drug-likeness (QED) is 0.453. The van der Waals surface area contributed by atoms with Gasteiger partial charge in [-0.05, 0) is 5.56 Å². The molecule has 0 aliphatic carbocycles. The molecule has 0 saturated heterocycles. The highest BCUT2D eigenvalue weighted by atomic mass is 32.1. The van der Waals surface area contributed by atoms with Gasteiger partial charge in [-0.2, -0.15) is 13.2 Å². The van der Waals surface area contributed by atoms with Gasteiger partial charge < -0.3 is 15.2 Å². The number of hydrogen-bond acceptors (Lipinski definition) is 4. The number of rotatable bonds is 7. The lowest BCUT2D eigenvalue weighted by atomic mass is 10.2. The van der Waals surface area contributed by atoms with Gasteiger partial charge in [0.2, 0.25) is 0 Å². The fraction of sp³-hybridized carbons (Fsp3) is 0.316. The number of aliphatic imine (C=N–C) groups is 1. The molecule has 10 heteroatoms. The van der Waals surface area contributed by atoms with Gasteiger partial charge in [-0.3, -0.25) is 4.99 Å². The predicted molar refractivity (Wildman–Crippen MR) is 107 cm³/mol. The largest absolute Gasteiger partial charge is 0.434 e. The summed E-state index contributed by atoms with van der Waals surface area (Å²) >= 11 is 0.964. The normalized spacial score (nSPS) is 12.2. The molecule has 6 nitrogen and oxygen atoms in total. The SMILES string of the molecule is CN=C(NCCc1nccn1Cc1ccccc1)NCc1nc(C(F)(F)F)cs1. The lowest BCUT2D eigenvalue weighted by molar-refractivity contribution is -0.140. The number of benzene rings is 1. The van der Waals surface area contributed by atoms with Crippen LogP contribution >= 0.6 is 11.3 Å². The summed E-state index contributed by atoms with van der Waals surface area (Å²) in [5.41, 5.74) is 0.325. The molecule has 0 unspecified atom stereocenters. The molecule has 1 aromatic carbocycles. The Morgan fingerprint density at radius 3 is 2.69 bits per heavy atom. The van der Waals surface area contributed by atoms with E-state index >= 15 is 0 Å². The fourth-order valence-corrected chi connectivity index (χ4v) is 3.43. The fourth-order valence-electron chi connectivity index (χ4n) is 2.69. The maximum absolute atomic E-state index is 12.6. The molecule has 3 aromatic rings. The van der Waals surface area contributed by atoms with E-state index in [-0.39, 0.29) is 6.54 Å². The Labute approximate surface area is 170 Å². The number of hydrogen-bond donors (Lipinski definition) is 2. The molecule has 0 aliphatic heterocycles. The summed E-state index contributed by atoms with van der Waals surface area (Å²) in [6.45, 7) is 1.49. The second-order valence-electron chi connectivity index (χ2n) is 6.18. The van der Waals surface area contributed by atoms with E-state index in [1.54, 1.807) is 13.2 Å². The van der Waals surface area contributed by atoms with Crippen molar-refractivity contribution < 1.29 is 13.2 Å². The molecule has 29 heavy (non-hydrogen) atoms. The highest BCUT2D eigenvalue weighted by Crippen LogP contribution is 2.29. The molecule has 3 rings (SSSR count). The smallest absolute Gasteiger partial charge is 0.356 e.